The van der Waals surface area contributed by atoms with Gasteiger partial charge in [-0.05, 0) is 29.5 Å². The third kappa shape index (κ3) is 1.62. The molecule has 0 fully saturated rings. The summed E-state index contributed by atoms with van der Waals surface area (Å²) in [7, 11) is 0. The second kappa shape index (κ2) is 4.17. The molecule has 0 heterocycles. The van der Waals surface area contributed by atoms with Crippen LogP contribution in [-0.2, 0) is 0 Å². The minimum absolute atomic E-state index is 1.02. The lowest BCUT2D eigenvalue weighted by Gasteiger charge is -2.05. The standard InChI is InChI=1S/C11H11S/c1-4-9-7-6-8-11(12-3)10(9)5-2/h5-8H,1-2H2,3H3. The van der Waals surface area contributed by atoms with Crippen LogP contribution in [0.4, 0.5) is 0 Å². The van der Waals surface area contributed by atoms with Crippen LogP contribution in [0.25, 0.3) is 6.08 Å². The molecule has 1 aromatic rings. The molecule has 12 heavy (non-hydrogen) atoms. The van der Waals surface area contributed by atoms with Gasteiger partial charge in [0.1, 0.15) is 0 Å². The lowest BCUT2D eigenvalue weighted by Crippen LogP contribution is -1.84. The summed E-state index contributed by atoms with van der Waals surface area (Å²) in [6, 6.07) is 6.07. The molecule has 0 nitrogen and oxygen atoms in total. The van der Waals surface area contributed by atoms with E-state index in [1.165, 1.54) is 4.90 Å². The molecule has 0 unspecified atom stereocenters. The van der Waals surface area contributed by atoms with Crippen molar-refractivity contribution in [2.24, 2.45) is 0 Å². The summed E-state index contributed by atoms with van der Waals surface area (Å²) in [4.78, 5) is 1.22. The van der Waals surface area contributed by atoms with Crippen LogP contribution in [0.1, 0.15) is 11.1 Å². The molecule has 0 spiro atoms. The zero-order chi connectivity index (χ0) is 8.97. The van der Waals surface area contributed by atoms with E-state index in [1.807, 2.05) is 18.2 Å². The van der Waals surface area contributed by atoms with E-state index in [-0.39, 0.29) is 0 Å². The van der Waals surface area contributed by atoms with E-state index in [0.29, 0.717) is 0 Å². The van der Waals surface area contributed by atoms with Crippen molar-refractivity contribution in [3.63, 3.8) is 0 Å². The Bertz CT molecular complexity index is 300. The number of benzene rings is 1. The van der Waals surface area contributed by atoms with E-state index >= 15 is 0 Å². The summed E-state index contributed by atoms with van der Waals surface area (Å²) in [5.41, 5.74) is 2.15. The molecule has 1 heteroatoms. The molecule has 0 aliphatic heterocycles. The van der Waals surface area contributed by atoms with E-state index in [1.54, 1.807) is 11.8 Å². The Morgan fingerprint density at radius 1 is 1.50 bits per heavy atom. The van der Waals surface area contributed by atoms with E-state index in [2.05, 4.69) is 31.6 Å². The highest BCUT2D eigenvalue weighted by molar-refractivity contribution is 7.98. The van der Waals surface area contributed by atoms with Crippen molar-refractivity contribution in [3.8, 4) is 0 Å². The highest BCUT2D eigenvalue weighted by Crippen LogP contribution is 2.24. The summed E-state index contributed by atoms with van der Waals surface area (Å²) in [6.45, 7) is 7.40. The van der Waals surface area contributed by atoms with Gasteiger partial charge in [-0.15, -0.1) is 11.8 Å². The van der Waals surface area contributed by atoms with Crippen LogP contribution in [0.5, 0.6) is 0 Å². The smallest absolute Gasteiger partial charge is 0.0148 e. The Labute approximate surface area is 78.0 Å². The van der Waals surface area contributed by atoms with Crippen LogP contribution in [-0.4, -0.2) is 6.26 Å². The predicted molar refractivity (Wildman–Crippen MR) is 56.3 cm³/mol. The molecule has 1 rings (SSSR count). The molecule has 0 bridgehead atoms. The third-order valence-electron chi connectivity index (χ3n) is 1.68. The normalized spacial score (nSPS) is 9.42. The number of hydrogen-bond acceptors (Lipinski definition) is 1. The lowest BCUT2D eigenvalue weighted by molar-refractivity contribution is 1.38. The first kappa shape index (κ1) is 9.14. The average molecular weight is 175 g/mol. The van der Waals surface area contributed by atoms with E-state index in [4.69, 9.17) is 0 Å². The Morgan fingerprint density at radius 2 is 2.25 bits per heavy atom. The van der Waals surface area contributed by atoms with Gasteiger partial charge >= 0.3 is 0 Å². The summed E-state index contributed by atoms with van der Waals surface area (Å²) in [5.74, 6) is 0. The Kier molecular flexibility index (Phi) is 3.18. The van der Waals surface area contributed by atoms with Crippen LogP contribution in [0.2, 0.25) is 0 Å². The van der Waals surface area contributed by atoms with Gasteiger partial charge in [0.25, 0.3) is 0 Å². The Morgan fingerprint density at radius 3 is 2.75 bits per heavy atom. The predicted octanol–water partition coefficient (Wildman–Crippen LogP) is 3.39. The molecule has 1 aromatic carbocycles. The molecule has 61 valence electrons. The molecule has 0 aromatic heterocycles. The molecular weight excluding hydrogens is 164 g/mol. The van der Waals surface area contributed by atoms with Gasteiger partial charge in [0.15, 0.2) is 0 Å². The molecule has 0 saturated heterocycles. The van der Waals surface area contributed by atoms with Gasteiger partial charge in [0.05, 0.1) is 0 Å². The highest BCUT2D eigenvalue weighted by atomic mass is 32.2. The molecule has 0 aliphatic rings. The monoisotopic (exact) mass is 175 g/mol. The van der Waals surface area contributed by atoms with Gasteiger partial charge in [-0.3, -0.25) is 0 Å². The first-order chi connectivity index (χ1) is 5.83. The van der Waals surface area contributed by atoms with Gasteiger partial charge in [0.2, 0.25) is 0 Å². The second-order valence-corrected chi connectivity index (χ2v) is 3.15. The summed E-state index contributed by atoms with van der Waals surface area (Å²) in [5, 5.41) is 0. The molecular formula is C11H11S. The number of thioether (sulfide) groups is 1. The largest absolute Gasteiger partial charge is 0.129 e. The quantitative estimate of drug-likeness (QED) is 0.634. The topological polar surface area (TPSA) is 0 Å². The van der Waals surface area contributed by atoms with Crippen molar-refractivity contribution >= 4 is 17.8 Å². The van der Waals surface area contributed by atoms with Crippen molar-refractivity contribution in [1.82, 2.24) is 0 Å². The van der Waals surface area contributed by atoms with Crippen LogP contribution in [0.3, 0.4) is 0 Å². The van der Waals surface area contributed by atoms with Gasteiger partial charge < -0.3 is 0 Å². The number of hydrogen-bond donors (Lipinski definition) is 0. The van der Waals surface area contributed by atoms with Crippen molar-refractivity contribution in [2.75, 3.05) is 6.26 Å². The summed E-state index contributed by atoms with van der Waals surface area (Å²) in [6.07, 6.45) is 6.78. The van der Waals surface area contributed by atoms with Crippen molar-refractivity contribution in [1.29, 1.82) is 0 Å². The van der Waals surface area contributed by atoms with Gasteiger partial charge in [-0.25, -0.2) is 0 Å². The lowest BCUT2D eigenvalue weighted by atomic mass is 10.1. The maximum atomic E-state index is 3.77. The molecule has 1 radical (unpaired) electrons. The molecule has 0 atom stereocenters. The first-order valence-electron chi connectivity index (χ1n) is 3.66. The fraction of sp³-hybridized carbons (Fsp3) is 0.0909. The summed E-state index contributed by atoms with van der Waals surface area (Å²) >= 11 is 1.71. The fourth-order valence-corrected chi connectivity index (χ4v) is 1.71. The molecule has 0 amide bonds. The molecule has 0 saturated carbocycles. The first-order valence-corrected chi connectivity index (χ1v) is 4.88. The number of rotatable bonds is 3. The molecule has 0 N–H and O–H groups in total. The SMILES string of the molecule is C=[C]c1cccc(SC)c1C=C. The van der Waals surface area contributed by atoms with Crippen molar-refractivity contribution < 1.29 is 0 Å². The van der Waals surface area contributed by atoms with Gasteiger partial charge in [0, 0.05) is 4.90 Å². The van der Waals surface area contributed by atoms with Crippen LogP contribution in [0.15, 0.2) is 36.3 Å². The average Bonchev–Trinajstić information content (AvgIpc) is 2.16. The zero-order valence-corrected chi connectivity index (χ0v) is 7.95. The zero-order valence-electron chi connectivity index (χ0n) is 7.13. The summed E-state index contributed by atoms with van der Waals surface area (Å²) < 4.78 is 0. The minimum Gasteiger partial charge on any atom is -0.129 e. The van der Waals surface area contributed by atoms with E-state index in [9.17, 15) is 0 Å². The van der Waals surface area contributed by atoms with Crippen LogP contribution in [0, 0.1) is 6.08 Å². The van der Waals surface area contributed by atoms with Crippen molar-refractivity contribution in [3.05, 3.63) is 48.6 Å². The second-order valence-electron chi connectivity index (χ2n) is 2.30. The minimum atomic E-state index is 1.02. The Balaban J connectivity index is 3.31. The maximum Gasteiger partial charge on any atom is 0.0148 e. The third-order valence-corrected chi connectivity index (χ3v) is 2.48. The fourth-order valence-electron chi connectivity index (χ4n) is 1.09. The van der Waals surface area contributed by atoms with Crippen molar-refractivity contribution in [2.45, 2.75) is 4.90 Å². The maximum absolute atomic E-state index is 3.77. The van der Waals surface area contributed by atoms with E-state index in [0.717, 1.165) is 11.1 Å². The van der Waals surface area contributed by atoms with E-state index < -0.39 is 0 Å². The molecule has 0 aliphatic carbocycles. The van der Waals surface area contributed by atoms with Crippen LogP contribution < -0.4 is 0 Å². The highest BCUT2D eigenvalue weighted by Gasteiger charge is 2.00. The van der Waals surface area contributed by atoms with Gasteiger partial charge in [-0.2, -0.15) is 0 Å². The Hall–Kier alpha value is -0.950. The van der Waals surface area contributed by atoms with Crippen LogP contribution >= 0.6 is 11.8 Å². The van der Waals surface area contributed by atoms with Gasteiger partial charge in [-0.1, -0.05) is 31.4 Å².